The Balaban J connectivity index is 1.34. The first-order valence-electron chi connectivity index (χ1n) is 10.5. The number of benzene rings is 1. The van der Waals surface area contributed by atoms with E-state index in [0.717, 1.165) is 18.5 Å². The second-order valence-corrected chi connectivity index (χ2v) is 9.74. The number of hydrogen-bond donors (Lipinski definition) is 0. The number of pyridine rings is 1. The zero-order valence-corrected chi connectivity index (χ0v) is 18.1. The molecule has 3 heterocycles. The molecule has 8 nitrogen and oxygen atoms in total. The van der Waals surface area contributed by atoms with Crippen molar-refractivity contribution in [1.29, 1.82) is 0 Å². The molecule has 4 rings (SSSR count). The highest BCUT2D eigenvalue weighted by atomic mass is 32.2. The van der Waals surface area contributed by atoms with Crippen molar-refractivity contribution in [3.8, 4) is 0 Å². The maximum Gasteiger partial charge on any atom is 0.253 e. The van der Waals surface area contributed by atoms with E-state index in [-0.39, 0.29) is 23.1 Å². The van der Waals surface area contributed by atoms with Crippen LogP contribution in [0, 0.1) is 0 Å². The van der Waals surface area contributed by atoms with Gasteiger partial charge in [0.05, 0.1) is 11.3 Å². The average Bonchev–Trinajstić information content (AvgIpc) is 3.35. The summed E-state index contributed by atoms with van der Waals surface area (Å²) in [4.78, 5) is 33.2. The van der Waals surface area contributed by atoms with Crippen LogP contribution in [0.3, 0.4) is 0 Å². The second kappa shape index (κ2) is 9.15. The van der Waals surface area contributed by atoms with E-state index in [1.54, 1.807) is 28.1 Å². The number of rotatable bonds is 5. The Kier molecular flexibility index (Phi) is 6.33. The van der Waals surface area contributed by atoms with Crippen LogP contribution in [0.2, 0.25) is 0 Å². The minimum absolute atomic E-state index is 0.00210. The molecule has 2 aliphatic rings. The van der Waals surface area contributed by atoms with Gasteiger partial charge in [0.15, 0.2) is 0 Å². The molecule has 0 spiro atoms. The standard InChI is InChI=1S/C22H26N4O4S/c27-21(17-19-5-1-2-10-23-19)24-13-15-25(16-14-24)22(28)18-6-8-20(9-7-18)31(29,30)26-11-3-4-12-26/h1-2,5-10H,3-4,11-17H2. The summed E-state index contributed by atoms with van der Waals surface area (Å²) < 4.78 is 26.8. The SMILES string of the molecule is O=C(Cc1ccccn1)N1CCN(C(=O)c2ccc(S(=O)(=O)N3CCCC3)cc2)CC1. The molecule has 2 fully saturated rings. The lowest BCUT2D eigenvalue weighted by Gasteiger charge is -2.34. The molecule has 0 atom stereocenters. The van der Waals surface area contributed by atoms with Gasteiger partial charge in [-0.05, 0) is 49.2 Å². The maximum atomic E-state index is 12.8. The molecule has 31 heavy (non-hydrogen) atoms. The van der Waals surface area contributed by atoms with Gasteiger partial charge in [-0.15, -0.1) is 0 Å². The molecule has 2 aliphatic heterocycles. The van der Waals surface area contributed by atoms with Crippen molar-refractivity contribution in [2.45, 2.75) is 24.2 Å². The fourth-order valence-electron chi connectivity index (χ4n) is 3.96. The number of piperazine rings is 1. The summed E-state index contributed by atoms with van der Waals surface area (Å²) in [5.41, 5.74) is 1.18. The lowest BCUT2D eigenvalue weighted by molar-refractivity contribution is -0.132. The van der Waals surface area contributed by atoms with Gasteiger partial charge in [-0.3, -0.25) is 14.6 Å². The molecule has 0 bridgehead atoms. The van der Waals surface area contributed by atoms with E-state index < -0.39 is 10.0 Å². The molecule has 0 aliphatic carbocycles. The summed E-state index contributed by atoms with van der Waals surface area (Å²) in [5, 5.41) is 0. The van der Waals surface area contributed by atoms with Gasteiger partial charge in [-0.2, -0.15) is 4.31 Å². The molecule has 0 saturated carbocycles. The molecular formula is C22H26N4O4S. The van der Waals surface area contributed by atoms with Crippen LogP contribution < -0.4 is 0 Å². The molecular weight excluding hydrogens is 416 g/mol. The summed E-state index contributed by atoms with van der Waals surface area (Å²) in [7, 11) is -3.49. The van der Waals surface area contributed by atoms with Crippen molar-refractivity contribution >= 4 is 21.8 Å². The average molecular weight is 443 g/mol. The van der Waals surface area contributed by atoms with Crippen LogP contribution in [0.5, 0.6) is 0 Å². The molecule has 2 amide bonds. The molecule has 2 saturated heterocycles. The first-order valence-corrected chi connectivity index (χ1v) is 12.0. The Labute approximate surface area is 182 Å². The van der Waals surface area contributed by atoms with Crippen molar-refractivity contribution in [3.05, 3.63) is 59.9 Å². The van der Waals surface area contributed by atoms with Crippen LogP contribution in [0.1, 0.15) is 28.9 Å². The number of sulfonamides is 1. The van der Waals surface area contributed by atoms with E-state index >= 15 is 0 Å². The predicted octanol–water partition coefficient (Wildman–Crippen LogP) is 1.39. The monoisotopic (exact) mass is 442 g/mol. The molecule has 164 valence electrons. The fourth-order valence-corrected chi connectivity index (χ4v) is 5.48. The quantitative estimate of drug-likeness (QED) is 0.698. The Morgan fingerprint density at radius 1 is 0.839 bits per heavy atom. The van der Waals surface area contributed by atoms with Crippen LogP contribution in [0.25, 0.3) is 0 Å². The number of amides is 2. The Bertz CT molecular complexity index is 1030. The number of aromatic nitrogens is 1. The molecule has 0 unspecified atom stereocenters. The van der Waals surface area contributed by atoms with Crippen LogP contribution in [-0.4, -0.2) is 78.6 Å². The van der Waals surface area contributed by atoms with Crippen LogP contribution >= 0.6 is 0 Å². The lowest BCUT2D eigenvalue weighted by atomic mass is 10.1. The van der Waals surface area contributed by atoms with E-state index in [4.69, 9.17) is 0 Å². The molecule has 1 aromatic heterocycles. The smallest absolute Gasteiger partial charge is 0.253 e. The third-order valence-electron chi connectivity index (χ3n) is 5.78. The Morgan fingerprint density at radius 2 is 1.48 bits per heavy atom. The van der Waals surface area contributed by atoms with Crippen molar-refractivity contribution in [3.63, 3.8) is 0 Å². The molecule has 0 N–H and O–H groups in total. The number of carbonyl (C=O) groups excluding carboxylic acids is 2. The molecule has 9 heteroatoms. The van der Waals surface area contributed by atoms with Crippen LogP contribution in [-0.2, 0) is 21.2 Å². The third kappa shape index (κ3) is 4.77. The van der Waals surface area contributed by atoms with Gasteiger partial charge < -0.3 is 9.80 Å². The van der Waals surface area contributed by atoms with Gasteiger partial charge in [-0.1, -0.05) is 6.07 Å². The maximum absolute atomic E-state index is 12.8. The van der Waals surface area contributed by atoms with Gasteiger partial charge in [0.25, 0.3) is 5.91 Å². The Morgan fingerprint density at radius 3 is 2.10 bits per heavy atom. The summed E-state index contributed by atoms with van der Waals surface area (Å²) >= 11 is 0. The topological polar surface area (TPSA) is 90.9 Å². The van der Waals surface area contributed by atoms with Crippen molar-refractivity contribution in [2.75, 3.05) is 39.3 Å². The summed E-state index contributed by atoms with van der Waals surface area (Å²) in [6.45, 7) is 2.93. The number of nitrogens with zero attached hydrogens (tertiary/aromatic N) is 4. The van der Waals surface area contributed by atoms with Crippen molar-refractivity contribution < 1.29 is 18.0 Å². The van der Waals surface area contributed by atoms with Gasteiger partial charge in [0.2, 0.25) is 15.9 Å². The lowest BCUT2D eigenvalue weighted by Crippen LogP contribution is -2.51. The van der Waals surface area contributed by atoms with Gasteiger partial charge >= 0.3 is 0 Å². The summed E-state index contributed by atoms with van der Waals surface area (Å²) in [6.07, 6.45) is 3.68. The van der Waals surface area contributed by atoms with Gasteiger partial charge in [0.1, 0.15) is 0 Å². The highest BCUT2D eigenvalue weighted by Gasteiger charge is 2.28. The predicted molar refractivity (Wildman–Crippen MR) is 115 cm³/mol. The second-order valence-electron chi connectivity index (χ2n) is 7.81. The number of carbonyl (C=O) groups is 2. The minimum atomic E-state index is -3.49. The van der Waals surface area contributed by atoms with Crippen LogP contribution in [0.15, 0.2) is 53.6 Å². The first kappa shape index (κ1) is 21.5. The highest BCUT2D eigenvalue weighted by Crippen LogP contribution is 2.21. The minimum Gasteiger partial charge on any atom is -0.339 e. The summed E-state index contributed by atoms with van der Waals surface area (Å²) in [6, 6.07) is 11.7. The first-order chi connectivity index (χ1) is 14.9. The zero-order valence-electron chi connectivity index (χ0n) is 17.3. The van der Waals surface area contributed by atoms with E-state index in [9.17, 15) is 18.0 Å². The zero-order chi connectivity index (χ0) is 21.8. The largest absolute Gasteiger partial charge is 0.339 e. The van der Waals surface area contributed by atoms with E-state index in [0.29, 0.717) is 44.8 Å². The van der Waals surface area contributed by atoms with Crippen LogP contribution in [0.4, 0.5) is 0 Å². The molecule has 2 aromatic rings. The van der Waals surface area contributed by atoms with Crippen molar-refractivity contribution in [1.82, 2.24) is 19.1 Å². The van der Waals surface area contributed by atoms with E-state index in [1.807, 2.05) is 18.2 Å². The van der Waals surface area contributed by atoms with Gasteiger partial charge in [0, 0.05) is 56.7 Å². The third-order valence-corrected chi connectivity index (χ3v) is 7.70. The Hall–Kier alpha value is -2.78. The van der Waals surface area contributed by atoms with E-state index in [2.05, 4.69) is 4.98 Å². The van der Waals surface area contributed by atoms with Gasteiger partial charge in [-0.25, -0.2) is 8.42 Å². The normalized spacial score (nSPS) is 17.7. The number of hydrogen-bond acceptors (Lipinski definition) is 5. The fraction of sp³-hybridized carbons (Fsp3) is 0.409. The summed E-state index contributed by atoms with van der Waals surface area (Å²) in [5.74, 6) is -0.149. The highest BCUT2D eigenvalue weighted by molar-refractivity contribution is 7.89. The van der Waals surface area contributed by atoms with E-state index in [1.165, 1.54) is 16.4 Å². The molecule has 1 aromatic carbocycles. The molecule has 0 radical (unpaired) electrons. The van der Waals surface area contributed by atoms with Crippen molar-refractivity contribution in [2.24, 2.45) is 0 Å².